The summed E-state index contributed by atoms with van der Waals surface area (Å²) in [7, 11) is -3.10. The third-order valence-electron chi connectivity index (χ3n) is 3.03. The van der Waals surface area contributed by atoms with Gasteiger partial charge in [0.2, 0.25) is 10.0 Å². The first-order valence-electron chi connectivity index (χ1n) is 6.78. The summed E-state index contributed by atoms with van der Waals surface area (Å²) in [5.74, 6) is 0.625. The molecule has 0 spiro atoms. The molecule has 0 aliphatic carbocycles. The van der Waals surface area contributed by atoms with Gasteiger partial charge < -0.3 is 5.32 Å². The van der Waals surface area contributed by atoms with E-state index >= 15 is 0 Å². The van der Waals surface area contributed by atoms with Gasteiger partial charge in [-0.3, -0.25) is 0 Å². The zero-order valence-electron chi connectivity index (χ0n) is 11.7. The molecule has 4 nitrogen and oxygen atoms in total. The molecule has 1 unspecified atom stereocenters. The molecule has 0 amide bonds. The van der Waals surface area contributed by atoms with Crippen molar-refractivity contribution < 1.29 is 8.42 Å². The molecule has 0 saturated carbocycles. The Labute approximate surface area is 116 Å². The van der Waals surface area contributed by atoms with E-state index in [2.05, 4.69) is 29.1 Å². The molecule has 0 bridgehead atoms. The van der Waals surface area contributed by atoms with Crippen LogP contribution < -0.4 is 10.0 Å². The fourth-order valence-corrected chi connectivity index (χ4v) is 2.89. The Morgan fingerprint density at radius 3 is 2.47 bits per heavy atom. The summed E-state index contributed by atoms with van der Waals surface area (Å²) in [5.41, 5.74) is 1.32. The third-order valence-corrected chi connectivity index (χ3v) is 4.50. The molecule has 1 aromatic carbocycles. The highest BCUT2D eigenvalue weighted by molar-refractivity contribution is 7.89. The van der Waals surface area contributed by atoms with Crippen LogP contribution in [-0.4, -0.2) is 33.8 Å². The van der Waals surface area contributed by atoms with Crippen LogP contribution in [0.3, 0.4) is 0 Å². The van der Waals surface area contributed by atoms with Gasteiger partial charge in [-0.1, -0.05) is 44.2 Å². The molecule has 0 aromatic heterocycles. The van der Waals surface area contributed by atoms with Gasteiger partial charge in [-0.2, -0.15) is 0 Å². The molecule has 0 radical (unpaired) electrons. The molecule has 0 fully saturated rings. The Morgan fingerprint density at radius 2 is 1.84 bits per heavy atom. The van der Waals surface area contributed by atoms with Gasteiger partial charge in [0.15, 0.2) is 0 Å². The van der Waals surface area contributed by atoms with Crippen molar-refractivity contribution in [2.75, 3.05) is 25.4 Å². The molecular formula is C14H24N2O2S. The van der Waals surface area contributed by atoms with E-state index in [1.807, 2.05) is 18.2 Å². The lowest BCUT2D eigenvalue weighted by atomic mass is 9.98. The first kappa shape index (κ1) is 16.1. The Hall–Kier alpha value is -0.910. The monoisotopic (exact) mass is 284 g/mol. The molecule has 0 saturated heterocycles. The van der Waals surface area contributed by atoms with E-state index in [0.29, 0.717) is 19.0 Å². The van der Waals surface area contributed by atoms with Crippen LogP contribution in [0.4, 0.5) is 0 Å². The van der Waals surface area contributed by atoms with Crippen LogP contribution >= 0.6 is 0 Å². The molecule has 0 heterocycles. The van der Waals surface area contributed by atoms with Crippen LogP contribution in [0, 0.1) is 0 Å². The first-order valence-corrected chi connectivity index (χ1v) is 8.43. The SMILES string of the molecule is CCNS(=O)(=O)CCNCCC(C)c1ccccc1. The van der Waals surface area contributed by atoms with Crippen molar-refractivity contribution in [2.24, 2.45) is 0 Å². The van der Waals surface area contributed by atoms with Gasteiger partial charge in [0, 0.05) is 13.1 Å². The summed E-state index contributed by atoms with van der Waals surface area (Å²) in [6.07, 6.45) is 1.01. The van der Waals surface area contributed by atoms with Crippen LogP contribution in [0.25, 0.3) is 0 Å². The largest absolute Gasteiger partial charge is 0.316 e. The molecule has 0 aliphatic rings. The van der Waals surface area contributed by atoms with Gasteiger partial charge >= 0.3 is 0 Å². The smallest absolute Gasteiger partial charge is 0.212 e. The molecule has 1 atom stereocenters. The van der Waals surface area contributed by atoms with Crippen molar-refractivity contribution in [2.45, 2.75) is 26.2 Å². The van der Waals surface area contributed by atoms with Crippen LogP contribution in [0.1, 0.15) is 31.7 Å². The van der Waals surface area contributed by atoms with Gasteiger partial charge in [-0.15, -0.1) is 0 Å². The van der Waals surface area contributed by atoms with Crippen molar-refractivity contribution in [3.63, 3.8) is 0 Å². The number of hydrogen-bond acceptors (Lipinski definition) is 3. The van der Waals surface area contributed by atoms with Crippen LogP contribution in [0.2, 0.25) is 0 Å². The first-order chi connectivity index (χ1) is 9.05. The Kier molecular flexibility index (Phi) is 7.05. The standard InChI is InChI=1S/C14H24N2O2S/c1-3-16-19(17,18)12-11-15-10-9-13(2)14-7-5-4-6-8-14/h4-8,13,15-16H,3,9-12H2,1-2H3. The third kappa shape index (κ3) is 6.71. The van der Waals surface area contributed by atoms with Crippen molar-refractivity contribution in [3.05, 3.63) is 35.9 Å². The van der Waals surface area contributed by atoms with E-state index in [-0.39, 0.29) is 5.75 Å². The molecule has 0 aliphatic heterocycles. The van der Waals surface area contributed by atoms with Crippen molar-refractivity contribution in [1.29, 1.82) is 0 Å². The van der Waals surface area contributed by atoms with Gasteiger partial charge in [0.05, 0.1) is 5.75 Å². The van der Waals surface area contributed by atoms with Crippen LogP contribution in [0.5, 0.6) is 0 Å². The van der Waals surface area contributed by atoms with E-state index in [0.717, 1.165) is 13.0 Å². The summed E-state index contributed by atoms with van der Waals surface area (Å²) in [5, 5.41) is 3.18. The lowest BCUT2D eigenvalue weighted by Crippen LogP contribution is -2.32. The van der Waals surface area contributed by atoms with E-state index in [1.165, 1.54) is 5.56 Å². The minimum Gasteiger partial charge on any atom is -0.316 e. The van der Waals surface area contributed by atoms with E-state index in [4.69, 9.17) is 0 Å². The summed E-state index contributed by atoms with van der Waals surface area (Å²) in [4.78, 5) is 0. The molecule has 1 aromatic rings. The lowest BCUT2D eigenvalue weighted by molar-refractivity contribution is 0.572. The molecule has 5 heteroatoms. The van der Waals surface area contributed by atoms with E-state index < -0.39 is 10.0 Å². The Bertz CT molecular complexity index is 446. The van der Waals surface area contributed by atoms with Crippen molar-refractivity contribution in [1.82, 2.24) is 10.0 Å². The summed E-state index contributed by atoms with van der Waals surface area (Å²) < 4.78 is 25.3. The van der Waals surface area contributed by atoms with Gasteiger partial charge in [-0.25, -0.2) is 13.1 Å². The lowest BCUT2D eigenvalue weighted by Gasteiger charge is -2.12. The normalized spacial score (nSPS) is 13.4. The van der Waals surface area contributed by atoms with Crippen molar-refractivity contribution >= 4 is 10.0 Å². The van der Waals surface area contributed by atoms with Gasteiger partial charge in [0.25, 0.3) is 0 Å². The highest BCUT2D eigenvalue weighted by atomic mass is 32.2. The highest BCUT2D eigenvalue weighted by Gasteiger charge is 2.08. The number of benzene rings is 1. The average molecular weight is 284 g/mol. The number of nitrogens with one attached hydrogen (secondary N) is 2. The van der Waals surface area contributed by atoms with Crippen LogP contribution in [0.15, 0.2) is 30.3 Å². The molecule has 108 valence electrons. The number of hydrogen-bond donors (Lipinski definition) is 2. The maximum absolute atomic E-state index is 11.4. The van der Waals surface area contributed by atoms with E-state index in [9.17, 15) is 8.42 Å². The predicted molar refractivity (Wildman–Crippen MR) is 79.8 cm³/mol. The fourth-order valence-electron chi connectivity index (χ4n) is 1.89. The molecular weight excluding hydrogens is 260 g/mol. The highest BCUT2D eigenvalue weighted by Crippen LogP contribution is 2.17. The summed E-state index contributed by atoms with van der Waals surface area (Å²) in [6, 6.07) is 10.4. The number of rotatable bonds is 9. The van der Waals surface area contributed by atoms with E-state index in [1.54, 1.807) is 6.92 Å². The Balaban J connectivity index is 2.18. The predicted octanol–water partition coefficient (Wildman–Crippen LogP) is 1.71. The van der Waals surface area contributed by atoms with Gasteiger partial charge in [-0.05, 0) is 24.4 Å². The molecule has 1 rings (SSSR count). The molecule has 19 heavy (non-hydrogen) atoms. The average Bonchev–Trinajstić information content (AvgIpc) is 2.39. The second-order valence-corrected chi connectivity index (χ2v) is 6.59. The quantitative estimate of drug-likeness (QED) is 0.679. The van der Waals surface area contributed by atoms with Crippen molar-refractivity contribution in [3.8, 4) is 0 Å². The second-order valence-electron chi connectivity index (χ2n) is 4.67. The van der Waals surface area contributed by atoms with Crippen LogP contribution in [-0.2, 0) is 10.0 Å². The maximum atomic E-state index is 11.4. The number of sulfonamides is 1. The Morgan fingerprint density at radius 1 is 1.16 bits per heavy atom. The minimum atomic E-state index is -3.10. The fraction of sp³-hybridized carbons (Fsp3) is 0.571. The molecule has 2 N–H and O–H groups in total. The topological polar surface area (TPSA) is 58.2 Å². The zero-order chi connectivity index (χ0) is 14.1. The second kappa shape index (κ2) is 8.30. The summed E-state index contributed by atoms with van der Waals surface area (Å²) in [6.45, 7) is 5.75. The zero-order valence-corrected chi connectivity index (χ0v) is 12.5. The minimum absolute atomic E-state index is 0.139. The maximum Gasteiger partial charge on any atom is 0.212 e. The van der Waals surface area contributed by atoms with Gasteiger partial charge in [0.1, 0.15) is 0 Å². The summed E-state index contributed by atoms with van der Waals surface area (Å²) >= 11 is 0.